The Morgan fingerprint density at radius 1 is 1.24 bits per heavy atom. The highest BCUT2D eigenvalue weighted by Crippen LogP contribution is 2.31. The van der Waals surface area contributed by atoms with Crippen molar-refractivity contribution in [1.82, 2.24) is 5.32 Å². The van der Waals surface area contributed by atoms with E-state index in [0.717, 1.165) is 29.9 Å². The smallest absolute Gasteiger partial charge is 0.165 e. The van der Waals surface area contributed by atoms with Gasteiger partial charge in [0.15, 0.2) is 11.5 Å². The van der Waals surface area contributed by atoms with Crippen molar-refractivity contribution in [2.45, 2.75) is 52.1 Å². The van der Waals surface area contributed by atoms with E-state index >= 15 is 0 Å². The lowest BCUT2D eigenvalue weighted by atomic mass is 10.1. The lowest BCUT2D eigenvalue weighted by molar-refractivity contribution is 0.236. The first-order chi connectivity index (χ1) is 10.3. The second-order valence-electron chi connectivity index (χ2n) is 5.17. The molecule has 0 fully saturated rings. The van der Waals surface area contributed by atoms with E-state index in [2.05, 4.69) is 19.2 Å². The Labute approximate surface area is 128 Å². The largest absolute Gasteiger partial charge is 0.493 e. The van der Waals surface area contributed by atoms with E-state index in [4.69, 9.17) is 9.47 Å². The summed E-state index contributed by atoms with van der Waals surface area (Å²) >= 11 is 0. The van der Waals surface area contributed by atoms with Gasteiger partial charge in [-0.25, -0.2) is 0 Å². The maximum absolute atomic E-state index is 9.26. The number of rotatable bonds is 11. The highest BCUT2D eigenvalue weighted by molar-refractivity contribution is 5.46. The van der Waals surface area contributed by atoms with Crippen LogP contribution in [0.15, 0.2) is 18.2 Å². The molecule has 21 heavy (non-hydrogen) atoms. The van der Waals surface area contributed by atoms with E-state index in [9.17, 15) is 5.11 Å². The van der Waals surface area contributed by atoms with Crippen LogP contribution >= 0.6 is 0 Å². The fourth-order valence-corrected chi connectivity index (χ4v) is 2.14. The molecule has 0 spiro atoms. The van der Waals surface area contributed by atoms with Crippen LogP contribution in [-0.4, -0.2) is 31.5 Å². The summed E-state index contributed by atoms with van der Waals surface area (Å²) in [7, 11) is 1.66. The summed E-state index contributed by atoms with van der Waals surface area (Å²) in [5.41, 5.74) is 1.07. The Hall–Kier alpha value is -1.26. The highest BCUT2D eigenvalue weighted by Gasteiger charge is 2.12. The first-order valence-corrected chi connectivity index (χ1v) is 7.89. The van der Waals surface area contributed by atoms with Crippen molar-refractivity contribution in [3.63, 3.8) is 0 Å². The minimum Gasteiger partial charge on any atom is -0.493 e. The number of nitrogens with one attached hydrogen (secondary N) is 1. The number of para-hydroxylation sites is 1. The summed E-state index contributed by atoms with van der Waals surface area (Å²) in [6.45, 7) is 5.75. The van der Waals surface area contributed by atoms with Crippen LogP contribution in [0.2, 0.25) is 0 Å². The molecule has 0 aliphatic rings. The minimum atomic E-state index is 0.115. The van der Waals surface area contributed by atoms with Gasteiger partial charge in [-0.05, 0) is 18.9 Å². The first-order valence-electron chi connectivity index (χ1n) is 7.89. The second-order valence-corrected chi connectivity index (χ2v) is 5.17. The lowest BCUT2D eigenvalue weighted by Gasteiger charge is -2.18. The Morgan fingerprint density at radius 3 is 2.67 bits per heavy atom. The third-order valence-electron chi connectivity index (χ3n) is 3.57. The Bertz CT molecular complexity index is 392. The zero-order chi connectivity index (χ0) is 15.5. The van der Waals surface area contributed by atoms with Gasteiger partial charge in [-0.3, -0.25) is 0 Å². The Morgan fingerprint density at radius 2 is 2.05 bits per heavy atom. The van der Waals surface area contributed by atoms with Crippen molar-refractivity contribution in [2.75, 3.05) is 20.3 Å². The van der Waals surface area contributed by atoms with Gasteiger partial charge in [-0.15, -0.1) is 0 Å². The number of unbranched alkanes of at least 4 members (excludes halogenated alkanes) is 2. The molecule has 0 amide bonds. The van der Waals surface area contributed by atoms with Crippen molar-refractivity contribution in [3.05, 3.63) is 23.8 Å². The fourth-order valence-electron chi connectivity index (χ4n) is 2.14. The van der Waals surface area contributed by atoms with Gasteiger partial charge < -0.3 is 19.9 Å². The third kappa shape index (κ3) is 5.94. The zero-order valence-corrected chi connectivity index (χ0v) is 13.5. The summed E-state index contributed by atoms with van der Waals surface area (Å²) in [6.07, 6.45) is 4.30. The normalized spacial score (nSPS) is 12.2. The summed E-state index contributed by atoms with van der Waals surface area (Å²) in [5, 5.41) is 12.6. The van der Waals surface area contributed by atoms with E-state index in [0.29, 0.717) is 13.2 Å². The average Bonchev–Trinajstić information content (AvgIpc) is 2.53. The van der Waals surface area contributed by atoms with Gasteiger partial charge >= 0.3 is 0 Å². The van der Waals surface area contributed by atoms with Crippen LogP contribution in [0.3, 0.4) is 0 Å². The number of aliphatic hydroxyl groups is 1. The SMILES string of the molecule is CCCCCOc1c(CNC(CC)CO)cccc1OC. The van der Waals surface area contributed by atoms with Crippen molar-refractivity contribution >= 4 is 0 Å². The molecule has 4 heteroatoms. The molecule has 0 aliphatic heterocycles. The Balaban J connectivity index is 2.71. The van der Waals surface area contributed by atoms with Crippen LogP contribution in [0.5, 0.6) is 11.5 Å². The van der Waals surface area contributed by atoms with Crippen molar-refractivity contribution in [2.24, 2.45) is 0 Å². The molecular formula is C17H29NO3. The number of hydrogen-bond donors (Lipinski definition) is 2. The van der Waals surface area contributed by atoms with E-state index in [1.165, 1.54) is 12.8 Å². The summed E-state index contributed by atoms with van der Waals surface area (Å²) in [5.74, 6) is 1.58. The molecule has 4 nitrogen and oxygen atoms in total. The topological polar surface area (TPSA) is 50.7 Å². The number of ether oxygens (including phenoxy) is 2. The minimum absolute atomic E-state index is 0.115. The van der Waals surface area contributed by atoms with Gasteiger partial charge in [-0.1, -0.05) is 38.8 Å². The van der Waals surface area contributed by atoms with Crippen LogP contribution in [0.1, 0.15) is 45.1 Å². The monoisotopic (exact) mass is 295 g/mol. The van der Waals surface area contributed by atoms with Crippen LogP contribution in [0.4, 0.5) is 0 Å². The van der Waals surface area contributed by atoms with Crippen LogP contribution in [0.25, 0.3) is 0 Å². The maximum Gasteiger partial charge on any atom is 0.165 e. The first kappa shape index (κ1) is 17.8. The Kier molecular flexibility index (Phi) is 8.87. The molecular weight excluding hydrogens is 266 g/mol. The average molecular weight is 295 g/mol. The zero-order valence-electron chi connectivity index (χ0n) is 13.5. The molecule has 2 N–H and O–H groups in total. The molecule has 120 valence electrons. The van der Waals surface area contributed by atoms with E-state index < -0.39 is 0 Å². The summed E-state index contributed by atoms with van der Waals surface area (Å²) in [6, 6.07) is 6.04. The van der Waals surface area contributed by atoms with Crippen LogP contribution in [-0.2, 0) is 6.54 Å². The molecule has 1 atom stereocenters. The lowest BCUT2D eigenvalue weighted by Crippen LogP contribution is -2.31. The molecule has 0 radical (unpaired) electrons. The molecule has 0 aliphatic carbocycles. The summed E-state index contributed by atoms with van der Waals surface area (Å²) < 4.78 is 11.3. The molecule has 0 saturated heterocycles. The number of hydrogen-bond acceptors (Lipinski definition) is 4. The fraction of sp³-hybridized carbons (Fsp3) is 0.647. The predicted octanol–water partition coefficient (Wildman–Crippen LogP) is 3.12. The van der Waals surface area contributed by atoms with Crippen molar-refractivity contribution in [3.8, 4) is 11.5 Å². The van der Waals surface area contributed by atoms with Gasteiger partial charge in [0.1, 0.15) is 0 Å². The molecule has 1 aromatic rings. The van der Waals surface area contributed by atoms with Crippen molar-refractivity contribution in [1.29, 1.82) is 0 Å². The molecule has 1 aromatic carbocycles. The highest BCUT2D eigenvalue weighted by atomic mass is 16.5. The molecule has 0 aromatic heterocycles. The molecule has 1 unspecified atom stereocenters. The van der Waals surface area contributed by atoms with Gasteiger partial charge in [0.25, 0.3) is 0 Å². The number of methoxy groups -OCH3 is 1. The van der Waals surface area contributed by atoms with Gasteiger partial charge in [0.05, 0.1) is 20.3 Å². The van der Waals surface area contributed by atoms with Gasteiger partial charge in [-0.2, -0.15) is 0 Å². The standard InChI is InChI=1S/C17H29NO3/c1-4-6-7-11-21-17-14(9-8-10-16(17)20-3)12-18-15(5-2)13-19/h8-10,15,18-19H,4-7,11-13H2,1-3H3. The van der Waals surface area contributed by atoms with E-state index in [1.807, 2.05) is 18.2 Å². The van der Waals surface area contributed by atoms with Gasteiger partial charge in [0, 0.05) is 18.2 Å². The quantitative estimate of drug-likeness (QED) is 0.616. The maximum atomic E-state index is 9.26. The predicted molar refractivity (Wildman–Crippen MR) is 86.0 cm³/mol. The van der Waals surface area contributed by atoms with Crippen LogP contribution < -0.4 is 14.8 Å². The van der Waals surface area contributed by atoms with E-state index in [1.54, 1.807) is 7.11 Å². The van der Waals surface area contributed by atoms with Gasteiger partial charge in [0.2, 0.25) is 0 Å². The molecule has 0 heterocycles. The van der Waals surface area contributed by atoms with E-state index in [-0.39, 0.29) is 12.6 Å². The van der Waals surface area contributed by atoms with Crippen LogP contribution in [0, 0.1) is 0 Å². The molecule has 0 saturated carbocycles. The van der Waals surface area contributed by atoms with Crippen molar-refractivity contribution < 1.29 is 14.6 Å². The second kappa shape index (κ2) is 10.5. The molecule has 1 rings (SSSR count). The third-order valence-corrected chi connectivity index (χ3v) is 3.57. The number of aliphatic hydroxyl groups excluding tert-OH is 1. The molecule has 0 bridgehead atoms. The summed E-state index contributed by atoms with van der Waals surface area (Å²) in [4.78, 5) is 0. The number of benzene rings is 1.